The third-order valence-electron chi connectivity index (χ3n) is 1.20. The number of halogens is 2. The number of carbonyl (C=O) groups is 1. The summed E-state index contributed by atoms with van der Waals surface area (Å²) in [5.74, 6) is -0.0816. The highest BCUT2D eigenvalue weighted by atomic mass is 35.5. The molecule has 84 valence electrons. The second kappa shape index (κ2) is 7.37. The molecule has 0 aliphatic heterocycles. The monoisotopic (exact) mass is 250 g/mol. The Balaban J connectivity index is 0.000000423. The number of ether oxygens (including phenoxy) is 1. The summed E-state index contributed by atoms with van der Waals surface area (Å²) in [5, 5.41) is 8.49. The van der Waals surface area contributed by atoms with Crippen LogP contribution in [-0.4, -0.2) is 17.7 Å². The van der Waals surface area contributed by atoms with Crippen molar-refractivity contribution in [2.24, 2.45) is 0 Å². The van der Waals surface area contributed by atoms with Crippen LogP contribution in [0.2, 0.25) is 10.0 Å². The normalized spacial score (nSPS) is 8.80. The van der Waals surface area contributed by atoms with E-state index in [0.717, 1.165) is 12.7 Å². The largest absolute Gasteiger partial charge is 0.494 e. The smallest absolute Gasteiger partial charge is 0.300 e. The van der Waals surface area contributed by atoms with Crippen LogP contribution < -0.4 is 4.74 Å². The van der Waals surface area contributed by atoms with Gasteiger partial charge in [-0.2, -0.15) is 0 Å². The van der Waals surface area contributed by atoms with E-state index < -0.39 is 5.97 Å². The molecule has 5 heteroatoms. The fourth-order valence-electron chi connectivity index (χ4n) is 0.733. The van der Waals surface area contributed by atoms with Crippen LogP contribution >= 0.6 is 23.2 Å². The molecule has 1 N–H and O–H groups in total. The summed E-state index contributed by atoms with van der Waals surface area (Å²) >= 11 is 11.4. The van der Waals surface area contributed by atoms with Crippen molar-refractivity contribution in [2.45, 2.75) is 13.8 Å². The van der Waals surface area contributed by atoms with E-state index in [0.29, 0.717) is 16.7 Å². The zero-order chi connectivity index (χ0) is 11.8. The van der Waals surface area contributed by atoms with Gasteiger partial charge in [-0.3, -0.25) is 4.79 Å². The Kier molecular flexibility index (Phi) is 6.92. The van der Waals surface area contributed by atoms with Gasteiger partial charge in [-0.25, -0.2) is 0 Å². The van der Waals surface area contributed by atoms with Crippen LogP contribution in [0.15, 0.2) is 18.2 Å². The maximum atomic E-state index is 9.00. The van der Waals surface area contributed by atoms with Crippen molar-refractivity contribution in [3.8, 4) is 5.75 Å². The standard InChI is InChI=1S/C8H8Cl2O.C2H4O2/c1-2-11-6-3-4-7(9)8(10)5-6;1-2(3)4/h3-5H,2H2,1H3;1H3,(H,3,4). The molecule has 0 atom stereocenters. The van der Waals surface area contributed by atoms with E-state index in [4.69, 9.17) is 37.8 Å². The molecule has 0 spiro atoms. The van der Waals surface area contributed by atoms with Crippen molar-refractivity contribution in [2.75, 3.05) is 6.61 Å². The van der Waals surface area contributed by atoms with Crippen LogP contribution in [0, 0.1) is 0 Å². The number of benzene rings is 1. The number of aliphatic carboxylic acids is 1. The van der Waals surface area contributed by atoms with Crippen molar-refractivity contribution in [1.29, 1.82) is 0 Å². The molecule has 0 aliphatic carbocycles. The van der Waals surface area contributed by atoms with Gasteiger partial charge in [0.2, 0.25) is 0 Å². The summed E-state index contributed by atoms with van der Waals surface area (Å²) in [7, 11) is 0. The first-order valence-electron chi connectivity index (χ1n) is 4.24. The predicted octanol–water partition coefficient (Wildman–Crippen LogP) is 3.48. The molecular weight excluding hydrogens is 239 g/mol. The molecule has 0 amide bonds. The van der Waals surface area contributed by atoms with Crippen molar-refractivity contribution >= 4 is 29.2 Å². The Morgan fingerprint density at radius 3 is 2.33 bits per heavy atom. The van der Waals surface area contributed by atoms with Gasteiger partial charge in [-0.05, 0) is 19.1 Å². The van der Waals surface area contributed by atoms with Crippen molar-refractivity contribution in [3.63, 3.8) is 0 Å². The third kappa shape index (κ3) is 7.05. The SMILES string of the molecule is CC(=O)O.CCOc1ccc(Cl)c(Cl)c1. The van der Waals surface area contributed by atoms with Crippen molar-refractivity contribution < 1.29 is 14.6 Å². The van der Waals surface area contributed by atoms with Gasteiger partial charge in [0, 0.05) is 13.0 Å². The molecule has 0 heterocycles. The van der Waals surface area contributed by atoms with E-state index >= 15 is 0 Å². The lowest BCUT2D eigenvalue weighted by atomic mass is 10.3. The minimum Gasteiger partial charge on any atom is -0.494 e. The van der Waals surface area contributed by atoms with Gasteiger partial charge in [0.15, 0.2) is 0 Å². The molecule has 1 aromatic rings. The number of rotatable bonds is 2. The molecule has 0 bridgehead atoms. The maximum absolute atomic E-state index is 9.00. The van der Waals surface area contributed by atoms with Crippen LogP contribution in [0.5, 0.6) is 5.75 Å². The van der Waals surface area contributed by atoms with Gasteiger partial charge < -0.3 is 9.84 Å². The first-order valence-corrected chi connectivity index (χ1v) is 5.00. The Morgan fingerprint density at radius 1 is 1.40 bits per heavy atom. The fourth-order valence-corrected chi connectivity index (χ4v) is 1.02. The Labute approximate surface area is 98.6 Å². The summed E-state index contributed by atoms with van der Waals surface area (Å²) in [6.07, 6.45) is 0. The fraction of sp³-hybridized carbons (Fsp3) is 0.300. The lowest BCUT2D eigenvalue weighted by Gasteiger charge is -2.02. The molecule has 1 rings (SSSR count). The molecule has 0 radical (unpaired) electrons. The van der Waals surface area contributed by atoms with Gasteiger partial charge in [0.05, 0.1) is 16.7 Å². The van der Waals surface area contributed by atoms with Crippen molar-refractivity contribution in [1.82, 2.24) is 0 Å². The van der Waals surface area contributed by atoms with Crippen LogP contribution in [0.25, 0.3) is 0 Å². The minimum absolute atomic E-state index is 0.526. The predicted molar refractivity (Wildman–Crippen MR) is 60.9 cm³/mol. The summed E-state index contributed by atoms with van der Waals surface area (Å²) < 4.78 is 5.20. The summed E-state index contributed by atoms with van der Waals surface area (Å²) in [6, 6.07) is 5.21. The van der Waals surface area contributed by atoms with Crippen molar-refractivity contribution in [3.05, 3.63) is 28.2 Å². The molecule has 0 unspecified atom stereocenters. The molecule has 0 aliphatic rings. The van der Waals surface area contributed by atoms with E-state index in [-0.39, 0.29) is 0 Å². The molecule has 0 aromatic heterocycles. The molecule has 3 nitrogen and oxygen atoms in total. The van der Waals surface area contributed by atoms with E-state index in [1.807, 2.05) is 6.92 Å². The molecule has 1 aromatic carbocycles. The van der Waals surface area contributed by atoms with E-state index in [2.05, 4.69) is 0 Å². The number of hydrogen-bond donors (Lipinski definition) is 1. The van der Waals surface area contributed by atoms with E-state index in [9.17, 15) is 0 Å². The quantitative estimate of drug-likeness (QED) is 0.875. The summed E-state index contributed by atoms with van der Waals surface area (Å²) in [6.45, 7) is 3.64. The number of hydrogen-bond acceptors (Lipinski definition) is 2. The third-order valence-corrected chi connectivity index (χ3v) is 1.94. The lowest BCUT2D eigenvalue weighted by Crippen LogP contribution is -1.90. The molecule has 15 heavy (non-hydrogen) atoms. The van der Waals surface area contributed by atoms with Gasteiger partial charge in [0.1, 0.15) is 5.75 Å². The average molecular weight is 251 g/mol. The van der Waals surface area contributed by atoms with E-state index in [1.54, 1.807) is 18.2 Å². The number of carboxylic acids is 1. The van der Waals surface area contributed by atoms with Gasteiger partial charge >= 0.3 is 0 Å². The van der Waals surface area contributed by atoms with Crippen LogP contribution in [0.4, 0.5) is 0 Å². The molecule has 0 fully saturated rings. The van der Waals surface area contributed by atoms with Crippen LogP contribution in [-0.2, 0) is 4.79 Å². The zero-order valence-corrected chi connectivity index (χ0v) is 9.97. The Morgan fingerprint density at radius 2 is 1.93 bits per heavy atom. The van der Waals surface area contributed by atoms with Gasteiger partial charge in [0.25, 0.3) is 5.97 Å². The first-order chi connectivity index (χ1) is 6.97. The molecule has 0 saturated carbocycles. The number of carboxylic acid groups (broad SMARTS) is 1. The average Bonchev–Trinajstić information content (AvgIpc) is 2.11. The second-order valence-electron chi connectivity index (χ2n) is 2.53. The topological polar surface area (TPSA) is 46.5 Å². The second-order valence-corrected chi connectivity index (χ2v) is 3.34. The molecule has 0 saturated heterocycles. The first kappa shape index (κ1) is 14.1. The Bertz CT molecular complexity index is 322. The minimum atomic E-state index is -0.833. The van der Waals surface area contributed by atoms with Crippen LogP contribution in [0.3, 0.4) is 0 Å². The molecular formula is C10H12Cl2O3. The highest BCUT2D eigenvalue weighted by Gasteiger charge is 1.98. The lowest BCUT2D eigenvalue weighted by molar-refractivity contribution is -0.134. The van der Waals surface area contributed by atoms with Gasteiger partial charge in [-0.1, -0.05) is 23.2 Å². The highest BCUT2D eigenvalue weighted by Crippen LogP contribution is 2.26. The van der Waals surface area contributed by atoms with Gasteiger partial charge in [-0.15, -0.1) is 0 Å². The summed E-state index contributed by atoms with van der Waals surface area (Å²) in [4.78, 5) is 9.00. The summed E-state index contributed by atoms with van der Waals surface area (Å²) in [5.41, 5.74) is 0. The van der Waals surface area contributed by atoms with E-state index in [1.165, 1.54) is 0 Å². The zero-order valence-electron chi connectivity index (χ0n) is 8.46. The van der Waals surface area contributed by atoms with Crippen LogP contribution in [0.1, 0.15) is 13.8 Å². The highest BCUT2D eigenvalue weighted by molar-refractivity contribution is 6.42. The maximum Gasteiger partial charge on any atom is 0.300 e. The Hall–Kier alpha value is -0.930.